The topological polar surface area (TPSA) is 71.4 Å². The number of ether oxygens (including phenoxy) is 1. The van der Waals surface area contributed by atoms with Crippen molar-refractivity contribution in [2.75, 3.05) is 33.4 Å². The third-order valence-electron chi connectivity index (χ3n) is 8.45. The Bertz CT molecular complexity index is 1500. The SMILES string of the molecule is CO/N=C(\COC(=O)c1cc(C(F)(F)F)cc(C(F)(F)F)c1)C(CCN1CCC(O)(c2ccccc2)CC1)c1ccc(C)c(C)c1. The second kappa shape index (κ2) is 14.3. The van der Waals surface area contributed by atoms with Gasteiger partial charge >= 0.3 is 18.3 Å². The van der Waals surface area contributed by atoms with Gasteiger partial charge in [0.25, 0.3) is 0 Å². The molecule has 0 radical (unpaired) electrons. The first kappa shape index (κ1) is 35.0. The lowest BCUT2D eigenvalue weighted by molar-refractivity contribution is -0.143. The van der Waals surface area contributed by atoms with Gasteiger partial charge in [-0.25, -0.2) is 4.79 Å². The van der Waals surface area contributed by atoms with Crippen molar-refractivity contribution in [3.8, 4) is 0 Å². The summed E-state index contributed by atoms with van der Waals surface area (Å²) in [6.07, 6.45) is -8.69. The number of hydrogen-bond donors (Lipinski definition) is 1. The monoisotopic (exact) mass is 650 g/mol. The molecule has 46 heavy (non-hydrogen) atoms. The molecule has 1 unspecified atom stereocenters. The summed E-state index contributed by atoms with van der Waals surface area (Å²) >= 11 is 0. The fourth-order valence-electron chi connectivity index (χ4n) is 5.61. The van der Waals surface area contributed by atoms with Crippen molar-refractivity contribution in [3.63, 3.8) is 0 Å². The molecule has 0 bridgehead atoms. The van der Waals surface area contributed by atoms with Crippen LogP contribution in [0.25, 0.3) is 0 Å². The second-order valence-electron chi connectivity index (χ2n) is 11.6. The Morgan fingerprint density at radius 3 is 2.07 bits per heavy atom. The van der Waals surface area contributed by atoms with Crippen LogP contribution in [-0.2, 0) is 27.5 Å². The average Bonchev–Trinajstić information content (AvgIpc) is 3.01. The number of hydrogen-bond acceptors (Lipinski definition) is 6. The van der Waals surface area contributed by atoms with E-state index < -0.39 is 53.1 Å². The molecular formula is C34H36F6N2O4. The van der Waals surface area contributed by atoms with Crippen LogP contribution in [0, 0.1) is 13.8 Å². The number of carbonyl (C=O) groups is 1. The Kier molecular flexibility index (Phi) is 10.8. The number of benzene rings is 3. The predicted octanol–water partition coefficient (Wildman–Crippen LogP) is 7.66. The Hall–Kier alpha value is -3.90. The third kappa shape index (κ3) is 8.67. The lowest BCUT2D eigenvalue weighted by atomic mass is 9.84. The Morgan fingerprint density at radius 1 is 0.913 bits per heavy atom. The minimum absolute atomic E-state index is 0.0500. The van der Waals surface area contributed by atoms with Gasteiger partial charge in [-0.15, -0.1) is 0 Å². The molecule has 0 saturated carbocycles. The van der Waals surface area contributed by atoms with Gasteiger partial charge in [0.2, 0.25) is 0 Å². The summed E-state index contributed by atoms with van der Waals surface area (Å²) in [6, 6.07) is 15.9. The van der Waals surface area contributed by atoms with Crippen molar-refractivity contribution in [2.24, 2.45) is 5.16 Å². The largest absolute Gasteiger partial charge is 0.456 e. The maximum Gasteiger partial charge on any atom is 0.416 e. The molecule has 1 N–H and O–H groups in total. The highest BCUT2D eigenvalue weighted by Gasteiger charge is 2.38. The van der Waals surface area contributed by atoms with Crippen molar-refractivity contribution >= 4 is 11.7 Å². The van der Waals surface area contributed by atoms with Gasteiger partial charge in [0, 0.05) is 19.0 Å². The number of piperidine rings is 1. The van der Waals surface area contributed by atoms with E-state index in [9.17, 15) is 36.2 Å². The van der Waals surface area contributed by atoms with Crippen LogP contribution in [0.1, 0.15) is 68.9 Å². The molecule has 1 heterocycles. The first-order valence-corrected chi connectivity index (χ1v) is 14.7. The van der Waals surface area contributed by atoms with E-state index in [1.54, 1.807) is 0 Å². The highest BCUT2D eigenvalue weighted by atomic mass is 19.4. The zero-order valence-electron chi connectivity index (χ0n) is 25.7. The number of aryl methyl sites for hydroxylation is 2. The molecule has 1 aliphatic heterocycles. The smallest absolute Gasteiger partial charge is 0.416 e. The van der Waals surface area contributed by atoms with Crippen molar-refractivity contribution in [1.82, 2.24) is 4.90 Å². The van der Waals surface area contributed by atoms with Crippen molar-refractivity contribution in [2.45, 2.75) is 57.0 Å². The van der Waals surface area contributed by atoms with Crippen LogP contribution in [0.5, 0.6) is 0 Å². The Balaban J connectivity index is 1.53. The molecular weight excluding hydrogens is 614 g/mol. The fraction of sp³-hybridized carbons (Fsp3) is 0.412. The lowest BCUT2D eigenvalue weighted by Gasteiger charge is -2.39. The Labute approximate surface area is 263 Å². The molecule has 1 aliphatic rings. The quantitative estimate of drug-likeness (QED) is 0.106. The number of oxime groups is 1. The van der Waals surface area contributed by atoms with Gasteiger partial charge in [-0.05, 0) is 80.1 Å². The van der Waals surface area contributed by atoms with Gasteiger partial charge in [-0.1, -0.05) is 53.7 Å². The van der Waals surface area contributed by atoms with E-state index in [1.807, 2.05) is 62.4 Å². The summed E-state index contributed by atoms with van der Waals surface area (Å²) in [5.41, 5.74) is -1.10. The molecule has 3 aromatic carbocycles. The highest BCUT2D eigenvalue weighted by Crippen LogP contribution is 2.37. The third-order valence-corrected chi connectivity index (χ3v) is 8.45. The first-order valence-electron chi connectivity index (χ1n) is 14.7. The molecule has 3 aromatic rings. The van der Waals surface area contributed by atoms with E-state index in [0.29, 0.717) is 51.0 Å². The van der Waals surface area contributed by atoms with Crippen molar-refractivity contribution < 1.29 is 45.8 Å². The maximum atomic E-state index is 13.4. The Morgan fingerprint density at radius 2 is 1.52 bits per heavy atom. The molecule has 4 rings (SSSR count). The van der Waals surface area contributed by atoms with Gasteiger partial charge in [0.15, 0.2) is 0 Å². The van der Waals surface area contributed by atoms with Gasteiger partial charge < -0.3 is 19.6 Å². The normalized spacial score (nSPS) is 16.6. The maximum absolute atomic E-state index is 13.4. The lowest BCUT2D eigenvalue weighted by Crippen LogP contribution is -2.43. The van der Waals surface area contributed by atoms with Crippen molar-refractivity contribution in [1.29, 1.82) is 0 Å². The molecule has 1 saturated heterocycles. The fourth-order valence-corrected chi connectivity index (χ4v) is 5.61. The zero-order chi connectivity index (χ0) is 33.7. The van der Waals surface area contributed by atoms with Crippen molar-refractivity contribution in [3.05, 3.63) is 106 Å². The molecule has 12 heteroatoms. The number of nitrogens with zero attached hydrogens (tertiary/aromatic N) is 2. The van der Waals surface area contributed by atoms with E-state index in [1.165, 1.54) is 7.11 Å². The van der Waals surface area contributed by atoms with E-state index >= 15 is 0 Å². The van der Waals surface area contributed by atoms with Crippen LogP contribution in [0.15, 0.2) is 71.9 Å². The number of aliphatic hydroxyl groups is 1. The molecule has 0 aromatic heterocycles. The standard InChI is InChI=1S/C34H36F6N2O4/c1-22-9-10-24(17-23(22)2)29(11-14-42-15-12-32(44,13-16-42)26-7-5-4-6-8-26)30(41-45-3)21-46-31(43)25-18-27(33(35,36)37)20-28(19-25)34(38,39)40/h4-10,17-20,29,44H,11-16,21H2,1-3H3/b41-30+. The summed E-state index contributed by atoms with van der Waals surface area (Å²) in [5.74, 6) is -1.83. The zero-order valence-corrected chi connectivity index (χ0v) is 25.7. The summed E-state index contributed by atoms with van der Waals surface area (Å²) in [5, 5.41) is 15.3. The molecule has 6 nitrogen and oxygen atoms in total. The minimum Gasteiger partial charge on any atom is -0.456 e. The predicted molar refractivity (Wildman–Crippen MR) is 160 cm³/mol. The number of likely N-dealkylation sites (tertiary alicyclic amines) is 1. The van der Waals surface area contributed by atoms with E-state index in [0.717, 1.165) is 22.3 Å². The van der Waals surface area contributed by atoms with E-state index in [-0.39, 0.29) is 11.8 Å². The van der Waals surface area contributed by atoms with Crippen LogP contribution in [0.4, 0.5) is 26.3 Å². The molecule has 1 atom stereocenters. The van der Waals surface area contributed by atoms with E-state index in [4.69, 9.17) is 9.57 Å². The summed E-state index contributed by atoms with van der Waals surface area (Å²) < 4.78 is 85.4. The van der Waals surface area contributed by atoms with Gasteiger partial charge in [-0.2, -0.15) is 26.3 Å². The number of alkyl halides is 6. The summed E-state index contributed by atoms with van der Waals surface area (Å²) in [4.78, 5) is 20.1. The first-order chi connectivity index (χ1) is 21.6. The molecule has 0 amide bonds. The van der Waals surface area contributed by atoms with Crippen LogP contribution >= 0.6 is 0 Å². The number of carbonyl (C=O) groups excluding carboxylic acids is 1. The molecule has 0 aliphatic carbocycles. The average molecular weight is 651 g/mol. The minimum atomic E-state index is -5.11. The van der Waals surface area contributed by atoms with Crippen LogP contribution < -0.4 is 0 Å². The molecule has 0 spiro atoms. The number of halogens is 6. The van der Waals surface area contributed by atoms with Crippen LogP contribution in [0.2, 0.25) is 0 Å². The van der Waals surface area contributed by atoms with Crippen LogP contribution in [-0.4, -0.2) is 55.0 Å². The number of rotatable bonds is 10. The van der Waals surface area contributed by atoms with Gasteiger partial charge in [-0.3, -0.25) is 0 Å². The van der Waals surface area contributed by atoms with Crippen LogP contribution in [0.3, 0.4) is 0 Å². The highest BCUT2D eigenvalue weighted by molar-refractivity contribution is 5.96. The second-order valence-corrected chi connectivity index (χ2v) is 11.6. The summed E-state index contributed by atoms with van der Waals surface area (Å²) in [6.45, 7) is 5.16. The van der Waals surface area contributed by atoms with E-state index in [2.05, 4.69) is 10.1 Å². The van der Waals surface area contributed by atoms with Gasteiger partial charge in [0.1, 0.15) is 19.4 Å². The van der Waals surface area contributed by atoms with Gasteiger partial charge in [0.05, 0.1) is 22.3 Å². The molecule has 1 fully saturated rings. The molecule has 248 valence electrons. The summed E-state index contributed by atoms with van der Waals surface area (Å²) in [7, 11) is 1.29. The number of esters is 1.